The number of ether oxygens (including phenoxy) is 1. The fourth-order valence-electron chi connectivity index (χ4n) is 2.30. The van der Waals surface area contributed by atoms with Gasteiger partial charge in [-0.25, -0.2) is 0 Å². The Labute approximate surface area is 179 Å². The SMILES string of the molecule is Cc1cc(Oc2ccc(/C=N/NC(=S)Nc3ccc(Cl)cc3)cc2)ccc1Cl. The van der Waals surface area contributed by atoms with E-state index in [1.54, 1.807) is 18.3 Å². The van der Waals surface area contributed by atoms with Crippen LogP contribution in [0.1, 0.15) is 11.1 Å². The molecule has 142 valence electrons. The number of anilines is 1. The van der Waals surface area contributed by atoms with Crippen molar-refractivity contribution in [2.75, 3.05) is 5.32 Å². The average Bonchev–Trinajstić information content (AvgIpc) is 2.68. The lowest BCUT2D eigenvalue weighted by Gasteiger charge is -2.08. The van der Waals surface area contributed by atoms with E-state index in [4.69, 9.17) is 40.2 Å². The molecule has 0 atom stereocenters. The van der Waals surface area contributed by atoms with Crippen LogP contribution in [0.25, 0.3) is 0 Å². The smallest absolute Gasteiger partial charge is 0.191 e. The van der Waals surface area contributed by atoms with Crippen LogP contribution in [0.5, 0.6) is 11.5 Å². The second-order valence-electron chi connectivity index (χ2n) is 5.91. The molecule has 3 rings (SSSR count). The third-order valence-corrected chi connectivity index (χ3v) is 4.60. The van der Waals surface area contributed by atoms with E-state index in [0.717, 1.165) is 33.3 Å². The predicted octanol–water partition coefficient (Wildman–Crippen LogP) is 6.41. The fourth-order valence-corrected chi connectivity index (χ4v) is 2.71. The van der Waals surface area contributed by atoms with Crippen molar-refractivity contribution in [1.29, 1.82) is 0 Å². The quantitative estimate of drug-likeness (QED) is 0.279. The van der Waals surface area contributed by atoms with Crippen molar-refractivity contribution in [2.24, 2.45) is 5.10 Å². The molecule has 7 heteroatoms. The van der Waals surface area contributed by atoms with E-state index < -0.39 is 0 Å². The summed E-state index contributed by atoms with van der Waals surface area (Å²) in [5, 5.41) is 8.92. The summed E-state index contributed by atoms with van der Waals surface area (Å²) in [6.45, 7) is 1.94. The maximum Gasteiger partial charge on any atom is 0.191 e. The average molecular weight is 430 g/mol. The molecule has 28 heavy (non-hydrogen) atoms. The van der Waals surface area contributed by atoms with Crippen LogP contribution in [0.3, 0.4) is 0 Å². The standard InChI is InChI=1S/C21H17Cl2N3OS/c1-14-12-19(10-11-20(14)23)27-18-8-2-15(3-9-18)13-24-26-21(28)25-17-6-4-16(22)5-7-17/h2-13H,1H3,(H2,25,26,28)/b24-13+. The second kappa shape index (κ2) is 9.55. The summed E-state index contributed by atoms with van der Waals surface area (Å²) >= 11 is 17.1. The van der Waals surface area contributed by atoms with Gasteiger partial charge in [0, 0.05) is 15.7 Å². The molecule has 0 aliphatic rings. The van der Waals surface area contributed by atoms with E-state index in [1.807, 2.05) is 61.5 Å². The zero-order chi connectivity index (χ0) is 19.9. The topological polar surface area (TPSA) is 45.6 Å². The number of nitrogens with one attached hydrogen (secondary N) is 2. The molecule has 0 fully saturated rings. The molecule has 3 aromatic carbocycles. The predicted molar refractivity (Wildman–Crippen MR) is 121 cm³/mol. The molecule has 0 aliphatic carbocycles. The number of rotatable bonds is 5. The molecule has 2 N–H and O–H groups in total. The third kappa shape index (κ3) is 5.96. The molecule has 4 nitrogen and oxygen atoms in total. The van der Waals surface area contributed by atoms with Gasteiger partial charge in [-0.1, -0.05) is 23.2 Å². The summed E-state index contributed by atoms with van der Waals surface area (Å²) < 4.78 is 5.83. The first-order valence-corrected chi connectivity index (χ1v) is 9.56. The first-order valence-electron chi connectivity index (χ1n) is 8.39. The van der Waals surface area contributed by atoms with Gasteiger partial charge in [0.25, 0.3) is 0 Å². The summed E-state index contributed by atoms with van der Waals surface area (Å²) in [7, 11) is 0. The molecule has 0 unspecified atom stereocenters. The van der Waals surface area contributed by atoms with Crippen molar-refractivity contribution >= 4 is 52.4 Å². The maximum absolute atomic E-state index is 6.03. The Morgan fingerprint density at radius 3 is 2.32 bits per heavy atom. The molecule has 0 saturated heterocycles. The van der Waals surface area contributed by atoms with Crippen molar-refractivity contribution in [1.82, 2.24) is 5.43 Å². The van der Waals surface area contributed by atoms with Crippen LogP contribution in [-0.4, -0.2) is 11.3 Å². The molecule has 3 aromatic rings. The van der Waals surface area contributed by atoms with Crippen molar-refractivity contribution in [3.8, 4) is 11.5 Å². The number of benzene rings is 3. The second-order valence-corrected chi connectivity index (χ2v) is 7.16. The Balaban J connectivity index is 1.52. The van der Waals surface area contributed by atoms with Gasteiger partial charge in [0.2, 0.25) is 0 Å². The van der Waals surface area contributed by atoms with Crippen LogP contribution in [0.2, 0.25) is 10.0 Å². The minimum atomic E-state index is 0.386. The van der Waals surface area contributed by atoms with Crippen LogP contribution in [-0.2, 0) is 0 Å². The number of nitrogens with zero attached hydrogens (tertiary/aromatic N) is 1. The van der Waals surface area contributed by atoms with E-state index in [0.29, 0.717) is 10.1 Å². The molecule has 0 spiro atoms. The molecule has 0 bridgehead atoms. The minimum Gasteiger partial charge on any atom is -0.457 e. The van der Waals surface area contributed by atoms with Gasteiger partial charge in [-0.05, 0) is 97.0 Å². The lowest BCUT2D eigenvalue weighted by molar-refractivity contribution is 0.482. The molecule has 0 radical (unpaired) electrons. The largest absolute Gasteiger partial charge is 0.457 e. The van der Waals surface area contributed by atoms with Gasteiger partial charge in [0.1, 0.15) is 11.5 Å². The maximum atomic E-state index is 6.03. The van der Waals surface area contributed by atoms with Crippen LogP contribution < -0.4 is 15.5 Å². The summed E-state index contributed by atoms with van der Waals surface area (Å²) in [4.78, 5) is 0. The number of halogens is 2. The lowest BCUT2D eigenvalue weighted by Crippen LogP contribution is -2.23. The zero-order valence-corrected chi connectivity index (χ0v) is 17.3. The van der Waals surface area contributed by atoms with Crippen LogP contribution in [0, 0.1) is 6.92 Å². The summed E-state index contributed by atoms with van der Waals surface area (Å²) in [6.07, 6.45) is 1.67. The highest BCUT2D eigenvalue weighted by atomic mass is 35.5. The van der Waals surface area contributed by atoms with Crippen molar-refractivity contribution in [3.05, 3.63) is 87.9 Å². The number of hydrazone groups is 1. The van der Waals surface area contributed by atoms with Crippen molar-refractivity contribution in [2.45, 2.75) is 6.92 Å². The van der Waals surface area contributed by atoms with Gasteiger partial charge in [0.15, 0.2) is 5.11 Å². The van der Waals surface area contributed by atoms with E-state index in [-0.39, 0.29) is 0 Å². The number of hydrogen-bond acceptors (Lipinski definition) is 3. The Hall–Kier alpha value is -2.60. The first-order chi connectivity index (χ1) is 13.5. The van der Waals surface area contributed by atoms with E-state index in [2.05, 4.69) is 15.8 Å². The van der Waals surface area contributed by atoms with Crippen LogP contribution in [0.15, 0.2) is 71.8 Å². The van der Waals surface area contributed by atoms with Gasteiger partial charge in [-0.2, -0.15) is 5.10 Å². The molecule has 0 heterocycles. The number of hydrogen-bond donors (Lipinski definition) is 2. The molecular formula is C21H17Cl2N3OS. The van der Waals surface area contributed by atoms with E-state index >= 15 is 0 Å². The molecule has 0 amide bonds. The number of thiocarbonyl (C=S) groups is 1. The van der Waals surface area contributed by atoms with Crippen LogP contribution >= 0.6 is 35.4 Å². The van der Waals surface area contributed by atoms with E-state index in [9.17, 15) is 0 Å². The highest BCUT2D eigenvalue weighted by molar-refractivity contribution is 7.80. The monoisotopic (exact) mass is 429 g/mol. The summed E-state index contributed by atoms with van der Waals surface area (Å²) in [6, 6.07) is 20.3. The molecular weight excluding hydrogens is 413 g/mol. The van der Waals surface area contributed by atoms with E-state index in [1.165, 1.54) is 0 Å². The van der Waals surface area contributed by atoms with Gasteiger partial charge in [-0.3, -0.25) is 5.43 Å². The van der Waals surface area contributed by atoms with Gasteiger partial charge < -0.3 is 10.1 Å². The number of aryl methyl sites for hydroxylation is 1. The minimum absolute atomic E-state index is 0.386. The Kier molecular flexibility index (Phi) is 6.87. The van der Waals surface area contributed by atoms with Crippen molar-refractivity contribution in [3.63, 3.8) is 0 Å². The Morgan fingerprint density at radius 2 is 1.64 bits per heavy atom. The van der Waals surface area contributed by atoms with Crippen molar-refractivity contribution < 1.29 is 4.74 Å². The summed E-state index contributed by atoms with van der Waals surface area (Å²) in [5.74, 6) is 1.47. The molecule has 0 aromatic heterocycles. The van der Waals surface area contributed by atoms with Gasteiger partial charge in [0.05, 0.1) is 6.21 Å². The highest BCUT2D eigenvalue weighted by Gasteiger charge is 2.01. The lowest BCUT2D eigenvalue weighted by atomic mass is 10.2. The Bertz CT molecular complexity index is 990. The normalized spacial score (nSPS) is 10.7. The highest BCUT2D eigenvalue weighted by Crippen LogP contribution is 2.26. The Morgan fingerprint density at radius 1 is 0.964 bits per heavy atom. The van der Waals surface area contributed by atoms with Crippen LogP contribution in [0.4, 0.5) is 5.69 Å². The first kappa shape index (κ1) is 20.1. The third-order valence-electron chi connectivity index (χ3n) is 3.73. The zero-order valence-electron chi connectivity index (χ0n) is 14.9. The van der Waals surface area contributed by atoms with Gasteiger partial charge >= 0.3 is 0 Å². The summed E-state index contributed by atoms with van der Waals surface area (Å²) in [5.41, 5.74) is 5.48. The van der Waals surface area contributed by atoms with Gasteiger partial charge in [-0.15, -0.1) is 0 Å². The molecule has 0 aliphatic heterocycles. The fraction of sp³-hybridized carbons (Fsp3) is 0.0476. The molecule has 0 saturated carbocycles.